The van der Waals surface area contributed by atoms with Crippen molar-refractivity contribution in [3.8, 4) is 0 Å². The second-order valence-corrected chi connectivity index (χ2v) is 4.93. The smallest absolute Gasteiger partial charge is 0.274 e. The molecule has 1 aliphatic rings. The van der Waals surface area contributed by atoms with Crippen molar-refractivity contribution in [3.05, 3.63) is 17.5 Å². The summed E-state index contributed by atoms with van der Waals surface area (Å²) in [6.45, 7) is 6.14. The molecule has 0 bridgehead atoms. The summed E-state index contributed by atoms with van der Waals surface area (Å²) in [6, 6.07) is 1.78. The van der Waals surface area contributed by atoms with Gasteiger partial charge in [0.05, 0.1) is 0 Å². The Morgan fingerprint density at radius 2 is 2.41 bits per heavy atom. The molecule has 5 nitrogen and oxygen atoms in total. The minimum absolute atomic E-state index is 0. The topological polar surface area (TPSA) is 75.0 Å². The number of amides is 1. The third-order valence-corrected chi connectivity index (χ3v) is 3.26. The summed E-state index contributed by atoms with van der Waals surface area (Å²) < 4.78 is 0. The largest absolute Gasteiger partial charge is 0.337 e. The molecular formula is C11H19ClN4O. The van der Waals surface area contributed by atoms with E-state index in [1.165, 1.54) is 0 Å². The van der Waals surface area contributed by atoms with Crippen LogP contribution in [0.5, 0.6) is 0 Å². The molecule has 0 aliphatic carbocycles. The van der Waals surface area contributed by atoms with Crippen molar-refractivity contribution in [1.29, 1.82) is 0 Å². The number of halogens is 1. The van der Waals surface area contributed by atoms with Crippen LogP contribution in [0.4, 0.5) is 0 Å². The second kappa shape index (κ2) is 5.06. The fourth-order valence-electron chi connectivity index (χ4n) is 2.05. The number of rotatable bonds is 2. The third kappa shape index (κ3) is 2.79. The molecule has 2 rings (SSSR count). The summed E-state index contributed by atoms with van der Waals surface area (Å²) in [5.74, 6) is 0.00141. The molecule has 1 aromatic heterocycles. The van der Waals surface area contributed by atoms with Gasteiger partial charge in [0.2, 0.25) is 0 Å². The Bertz CT molecular complexity index is 406. The Morgan fingerprint density at radius 1 is 1.71 bits per heavy atom. The van der Waals surface area contributed by atoms with E-state index in [0.717, 1.165) is 25.2 Å². The van der Waals surface area contributed by atoms with Crippen LogP contribution < -0.4 is 5.73 Å². The zero-order chi connectivity index (χ0) is 11.8. The van der Waals surface area contributed by atoms with Crippen LogP contribution in [-0.2, 0) is 0 Å². The number of carbonyl (C=O) groups excluding carboxylic acids is 1. The van der Waals surface area contributed by atoms with Crippen molar-refractivity contribution in [2.75, 3.05) is 19.6 Å². The number of carbonyl (C=O) groups is 1. The lowest BCUT2D eigenvalue weighted by Gasteiger charge is -2.21. The van der Waals surface area contributed by atoms with Crippen LogP contribution in [0.2, 0.25) is 0 Å². The van der Waals surface area contributed by atoms with Gasteiger partial charge in [0, 0.05) is 18.8 Å². The minimum atomic E-state index is 0. The van der Waals surface area contributed by atoms with Gasteiger partial charge in [-0.15, -0.1) is 12.4 Å². The van der Waals surface area contributed by atoms with Gasteiger partial charge in [-0.1, -0.05) is 6.92 Å². The second-order valence-electron chi connectivity index (χ2n) is 4.93. The van der Waals surface area contributed by atoms with Gasteiger partial charge in [-0.2, -0.15) is 5.10 Å². The molecule has 0 saturated carbocycles. The Balaban J connectivity index is 0.00000144. The van der Waals surface area contributed by atoms with Crippen molar-refractivity contribution in [3.63, 3.8) is 0 Å². The first kappa shape index (κ1) is 14.0. The van der Waals surface area contributed by atoms with Crippen LogP contribution >= 0.6 is 12.4 Å². The molecule has 1 atom stereocenters. The van der Waals surface area contributed by atoms with Crippen LogP contribution in [0, 0.1) is 12.3 Å². The Labute approximate surface area is 107 Å². The number of nitrogens with one attached hydrogen (secondary N) is 1. The maximum atomic E-state index is 12.1. The summed E-state index contributed by atoms with van der Waals surface area (Å²) in [5.41, 5.74) is 7.19. The molecule has 1 aromatic rings. The van der Waals surface area contributed by atoms with E-state index in [-0.39, 0.29) is 23.7 Å². The number of likely N-dealkylation sites (tertiary alicyclic amines) is 1. The lowest BCUT2D eigenvalue weighted by atomic mass is 9.90. The first-order valence-electron chi connectivity index (χ1n) is 5.55. The Kier molecular flexibility index (Phi) is 4.16. The van der Waals surface area contributed by atoms with E-state index in [1.54, 1.807) is 6.07 Å². The van der Waals surface area contributed by atoms with Crippen LogP contribution in [0.15, 0.2) is 6.07 Å². The first-order chi connectivity index (χ1) is 7.54. The van der Waals surface area contributed by atoms with Gasteiger partial charge in [0.25, 0.3) is 5.91 Å². The highest BCUT2D eigenvalue weighted by atomic mass is 35.5. The average Bonchev–Trinajstić information content (AvgIpc) is 2.85. The van der Waals surface area contributed by atoms with Gasteiger partial charge in [-0.05, 0) is 31.4 Å². The van der Waals surface area contributed by atoms with E-state index >= 15 is 0 Å². The number of nitrogens with two attached hydrogens (primary N) is 1. The summed E-state index contributed by atoms with van der Waals surface area (Å²) in [6.07, 6.45) is 0.971. The van der Waals surface area contributed by atoms with Crippen molar-refractivity contribution in [2.45, 2.75) is 20.3 Å². The van der Waals surface area contributed by atoms with E-state index in [9.17, 15) is 4.79 Å². The summed E-state index contributed by atoms with van der Waals surface area (Å²) in [7, 11) is 0. The fraction of sp³-hybridized carbons (Fsp3) is 0.636. The van der Waals surface area contributed by atoms with Crippen LogP contribution in [0.3, 0.4) is 0 Å². The summed E-state index contributed by atoms with van der Waals surface area (Å²) in [4.78, 5) is 13.9. The normalized spacial score (nSPS) is 23.6. The van der Waals surface area contributed by atoms with Crippen molar-refractivity contribution in [2.24, 2.45) is 11.1 Å². The zero-order valence-corrected chi connectivity index (χ0v) is 11.0. The molecule has 1 amide bonds. The van der Waals surface area contributed by atoms with E-state index < -0.39 is 0 Å². The predicted molar refractivity (Wildman–Crippen MR) is 68.3 cm³/mol. The van der Waals surface area contributed by atoms with Crippen molar-refractivity contribution >= 4 is 18.3 Å². The van der Waals surface area contributed by atoms with Crippen LogP contribution in [0.1, 0.15) is 29.5 Å². The lowest BCUT2D eigenvalue weighted by molar-refractivity contribution is 0.0771. The lowest BCUT2D eigenvalue weighted by Crippen LogP contribution is -2.34. The van der Waals surface area contributed by atoms with Gasteiger partial charge < -0.3 is 10.6 Å². The third-order valence-electron chi connectivity index (χ3n) is 3.26. The van der Waals surface area contributed by atoms with E-state index in [1.807, 2.05) is 11.8 Å². The molecule has 1 aliphatic heterocycles. The average molecular weight is 259 g/mol. The van der Waals surface area contributed by atoms with Gasteiger partial charge in [0.1, 0.15) is 5.69 Å². The fourth-order valence-corrected chi connectivity index (χ4v) is 2.05. The number of H-pyrrole nitrogens is 1. The molecule has 96 valence electrons. The van der Waals surface area contributed by atoms with Crippen molar-refractivity contribution in [1.82, 2.24) is 15.1 Å². The SMILES string of the molecule is Cc1cc(C(=O)N2CCC(C)(CN)C2)n[nH]1.Cl. The first-order valence-corrected chi connectivity index (χ1v) is 5.55. The number of aromatic amines is 1. The highest BCUT2D eigenvalue weighted by Crippen LogP contribution is 2.29. The molecule has 17 heavy (non-hydrogen) atoms. The van der Waals surface area contributed by atoms with Crippen LogP contribution in [0.25, 0.3) is 0 Å². The molecular weight excluding hydrogens is 240 g/mol. The molecule has 0 radical (unpaired) electrons. The number of nitrogens with zero attached hydrogens (tertiary/aromatic N) is 2. The van der Waals surface area contributed by atoms with Gasteiger partial charge in [-0.3, -0.25) is 9.89 Å². The molecule has 0 aromatic carbocycles. The predicted octanol–water partition coefficient (Wildman–Crippen LogP) is 0.951. The molecule has 3 N–H and O–H groups in total. The van der Waals surface area contributed by atoms with Crippen LogP contribution in [-0.4, -0.2) is 40.6 Å². The molecule has 0 spiro atoms. The van der Waals surface area contributed by atoms with Gasteiger partial charge in [-0.25, -0.2) is 0 Å². The Hall–Kier alpha value is -1.07. The van der Waals surface area contributed by atoms with Gasteiger partial charge in [0.15, 0.2) is 0 Å². The quantitative estimate of drug-likeness (QED) is 0.829. The Morgan fingerprint density at radius 3 is 2.88 bits per heavy atom. The number of hydrogen-bond donors (Lipinski definition) is 2. The number of aromatic nitrogens is 2. The maximum absolute atomic E-state index is 12.1. The minimum Gasteiger partial charge on any atom is -0.337 e. The highest BCUT2D eigenvalue weighted by molar-refractivity contribution is 5.92. The van der Waals surface area contributed by atoms with E-state index in [2.05, 4.69) is 17.1 Å². The molecule has 1 unspecified atom stereocenters. The van der Waals surface area contributed by atoms with E-state index in [0.29, 0.717) is 12.2 Å². The molecule has 1 fully saturated rings. The van der Waals surface area contributed by atoms with Crippen molar-refractivity contribution < 1.29 is 4.79 Å². The summed E-state index contributed by atoms with van der Waals surface area (Å²) >= 11 is 0. The summed E-state index contributed by atoms with van der Waals surface area (Å²) in [5, 5.41) is 6.77. The zero-order valence-electron chi connectivity index (χ0n) is 10.2. The standard InChI is InChI=1S/C11H18N4O.ClH/c1-8-5-9(14-13-8)10(16)15-4-3-11(2,6-12)7-15;/h5H,3-4,6-7,12H2,1-2H3,(H,13,14);1H. The van der Waals surface area contributed by atoms with E-state index in [4.69, 9.17) is 5.73 Å². The maximum Gasteiger partial charge on any atom is 0.274 e. The highest BCUT2D eigenvalue weighted by Gasteiger charge is 2.35. The molecule has 1 saturated heterocycles. The van der Waals surface area contributed by atoms with Gasteiger partial charge >= 0.3 is 0 Å². The molecule has 2 heterocycles. The number of aryl methyl sites for hydroxylation is 1. The number of hydrogen-bond acceptors (Lipinski definition) is 3. The monoisotopic (exact) mass is 258 g/mol. The molecule has 6 heteroatoms.